The number of fused-ring (bicyclic) bond motifs is 1. The Bertz CT molecular complexity index is 532. The van der Waals surface area contributed by atoms with Crippen LogP contribution in [-0.4, -0.2) is 41.6 Å². The fourth-order valence-corrected chi connectivity index (χ4v) is 2.54. The molecule has 1 aliphatic heterocycles. The zero-order valence-corrected chi connectivity index (χ0v) is 10.4. The second-order valence-electron chi connectivity index (χ2n) is 3.94. The minimum absolute atomic E-state index is 0.304. The molecule has 1 aliphatic rings. The molecule has 0 spiro atoms. The number of carbonyl (C=O) groups is 1. The van der Waals surface area contributed by atoms with Crippen molar-refractivity contribution in [3.8, 4) is 5.19 Å². The summed E-state index contributed by atoms with van der Waals surface area (Å²) < 4.78 is 5.26. The van der Waals surface area contributed by atoms with Crippen molar-refractivity contribution in [3.05, 3.63) is 18.3 Å². The Labute approximate surface area is 107 Å². The molecular weight excluding hydrogens is 252 g/mol. The van der Waals surface area contributed by atoms with Gasteiger partial charge in [0, 0.05) is 25.8 Å². The number of nitrogens with zero attached hydrogens (tertiary/aromatic N) is 2. The lowest BCUT2D eigenvalue weighted by atomic mass is 10.2. The topological polar surface area (TPSA) is 76.1 Å². The molecule has 0 radical (unpaired) electrons. The monoisotopic (exact) mass is 264 g/mol. The number of esters is 1. The number of rotatable bonds is 2. The Balaban J connectivity index is 1.73. The third kappa shape index (κ3) is 2.33. The quantitative estimate of drug-likeness (QED) is 0.752. The normalized spacial score (nSPS) is 19.9. The van der Waals surface area contributed by atoms with Crippen molar-refractivity contribution in [2.24, 2.45) is 0 Å². The van der Waals surface area contributed by atoms with Crippen molar-refractivity contribution in [1.82, 2.24) is 20.6 Å². The van der Waals surface area contributed by atoms with E-state index >= 15 is 0 Å². The highest BCUT2D eigenvalue weighted by atomic mass is 32.1. The van der Waals surface area contributed by atoms with Crippen molar-refractivity contribution in [2.45, 2.75) is 6.04 Å². The standard InChI is InChI=1S/C11H12N4O2S/c16-10(8-6-12-4-5-13-8)17-11-15-7-2-1-3-14-9(7)18-11/h1-3,8,12-13H,4-6H2. The summed E-state index contributed by atoms with van der Waals surface area (Å²) in [7, 11) is 0. The molecule has 18 heavy (non-hydrogen) atoms. The van der Waals surface area contributed by atoms with E-state index in [2.05, 4.69) is 20.6 Å². The van der Waals surface area contributed by atoms with Gasteiger partial charge in [0.1, 0.15) is 16.4 Å². The first kappa shape index (κ1) is 11.5. The number of ether oxygens (including phenoxy) is 1. The zero-order valence-electron chi connectivity index (χ0n) is 9.55. The minimum atomic E-state index is -0.307. The van der Waals surface area contributed by atoms with Crippen LogP contribution >= 0.6 is 11.3 Å². The maximum atomic E-state index is 11.9. The molecule has 0 aliphatic carbocycles. The third-order valence-corrected chi connectivity index (χ3v) is 3.52. The maximum Gasteiger partial charge on any atom is 0.331 e. The summed E-state index contributed by atoms with van der Waals surface area (Å²) in [5.41, 5.74) is 0.750. The number of hydrogen-bond acceptors (Lipinski definition) is 7. The van der Waals surface area contributed by atoms with Gasteiger partial charge in [-0.3, -0.25) is 0 Å². The molecule has 2 aromatic heterocycles. The summed E-state index contributed by atoms with van der Waals surface area (Å²) in [6.45, 7) is 2.22. The van der Waals surface area contributed by atoms with Gasteiger partial charge in [-0.15, -0.1) is 0 Å². The van der Waals surface area contributed by atoms with Crippen LogP contribution in [0.15, 0.2) is 18.3 Å². The van der Waals surface area contributed by atoms with Crippen LogP contribution in [0.5, 0.6) is 5.19 Å². The van der Waals surface area contributed by atoms with Gasteiger partial charge in [0.2, 0.25) is 0 Å². The van der Waals surface area contributed by atoms with E-state index in [9.17, 15) is 4.79 Å². The smallest absolute Gasteiger partial charge is 0.331 e. The maximum absolute atomic E-state index is 11.9. The van der Waals surface area contributed by atoms with Crippen LogP contribution in [0.4, 0.5) is 0 Å². The van der Waals surface area contributed by atoms with Gasteiger partial charge < -0.3 is 15.4 Å². The SMILES string of the molecule is O=C(Oc1nc2cccnc2s1)C1CNCCN1. The van der Waals surface area contributed by atoms with Gasteiger partial charge >= 0.3 is 5.97 Å². The predicted molar refractivity (Wildman–Crippen MR) is 67.7 cm³/mol. The Hall–Kier alpha value is -1.57. The minimum Gasteiger partial charge on any atom is -0.397 e. The average molecular weight is 264 g/mol. The first-order valence-electron chi connectivity index (χ1n) is 5.70. The van der Waals surface area contributed by atoms with Crippen molar-refractivity contribution in [1.29, 1.82) is 0 Å². The van der Waals surface area contributed by atoms with Crippen LogP contribution in [0.1, 0.15) is 0 Å². The van der Waals surface area contributed by atoms with E-state index in [1.165, 1.54) is 11.3 Å². The molecule has 1 saturated heterocycles. The molecule has 3 heterocycles. The van der Waals surface area contributed by atoms with Crippen molar-refractivity contribution in [2.75, 3.05) is 19.6 Å². The summed E-state index contributed by atoms with van der Waals surface area (Å²) in [6, 6.07) is 3.34. The molecule has 0 amide bonds. The van der Waals surface area contributed by atoms with E-state index in [1.807, 2.05) is 6.07 Å². The van der Waals surface area contributed by atoms with Gasteiger partial charge in [-0.1, -0.05) is 11.3 Å². The second kappa shape index (κ2) is 4.97. The molecule has 0 bridgehead atoms. The molecular formula is C11H12N4O2S. The number of thiazole rings is 1. The van der Waals surface area contributed by atoms with Crippen LogP contribution in [0.3, 0.4) is 0 Å². The fourth-order valence-electron chi connectivity index (χ4n) is 1.77. The number of piperazine rings is 1. The molecule has 0 saturated carbocycles. The number of aromatic nitrogens is 2. The molecule has 3 rings (SSSR count). The molecule has 2 aromatic rings. The lowest BCUT2D eigenvalue weighted by Gasteiger charge is -2.21. The van der Waals surface area contributed by atoms with E-state index in [0.717, 1.165) is 23.4 Å². The van der Waals surface area contributed by atoms with Crippen molar-refractivity contribution < 1.29 is 9.53 Å². The summed E-state index contributed by atoms with van der Waals surface area (Å²) in [4.78, 5) is 21.0. The van der Waals surface area contributed by atoms with Gasteiger partial charge in [-0.05, 0) is 12.1 Å². The summed E-state index contributed by atoms with van der Waals surface area (Å²) in [6.07, 6.45) is 1.69. The van der Waals surface area contributed by atoms with Crippen LogP contribution < -0.4 is 15.4 Å². The van der Waals surface area contributed by atoms with Crippen molar-refractivity contribution >= 4 is 27.7 Å². The van der Waals surface area contributed by atoms with Crippen LogP contribution in [0.2, 0.25) is 0 Å². The first-order chi connectivity index (χ1) is 8.83. The van der Waals surface area contributed by atoms with Crippen LogP contribution in [0, 0.1) is 0 Å². The molecule has 2 N–H and O–H groups in total. The van der Waals surface area contributed by atoms with Gasteiger partial charge in [0.05, 0.1) is 0 Å². The molecule has 1 atom stereocenters. The summed E-state index contributed by atoms with van der Waals surface area (Å²) in [5, 5.41) is 6.58. The molecule has 1 fully saturated rings. The highest BCUT2D eigenvalue weighted by Crippen LogP contribution is 2.25. The number of nitrogens with one attached hydrogen (secondary N) is 2. The highest BCUT2D eigenvalue weighted by molar-refractivity contribution is 7.19. The van der Waals surface area contributed by atoms with Crippen LogP contribution in [0.25, 0.3) is 10.3 Å². The average Bonchev–Trinajstić information content (AvgIpc) is 2.82. The lowest BCUT2D eigenvalue weighted by Crippen LogP contribution is -2.53. The summed E-state index contributed by atoms with van der Waals surface area (Å²) >= 11 is 1.28. The fraction of sp³-hybridized carbons (Fsp3) is 0.364. The molecule has 94 valence electrons. The number of pyridine rings is 1. The first-order valence-corrected chi connectivity index (χ1v) is 6.52. The second-order valence-corrected chi connectivity index (χ2v) is 4.88. The van der Waals surface area contributed by atoms with E-state index in [4.69, 9.17) is 4.74 Å². The van der Waals surface area contributed by atoms with Gasteiger partial charge in [-0.25, -0.2) is 14.8 Å². The Morgan fingerprint density at radius 2 is 2.44 bits per heavy atom. The predicted octanol–water partition coefficient (Wildman–Crippen LogP) is 0.158. The van der Waals surface area contributed by atoms with E-state index in [-0.39, 0.29) is 12.0 Å². The van der Waals surface area contributed by atoms with E-state index in [1.54, 1.807) is 12.3 Å². The van der Waals surface area contributed by atoms with Crippen molar-refractivity contribution in [3.63, 3.8) is 0 Å². The summed E-state index contributed by atoms with van der Waals surface area (Å²) in [5.74, 6) is -0.304. The lowest BCUT2D eigenvalue weighted by molar-refractivity contribution is -0.136. The van der Waals surface area contributed by atoms with E-state index in [0.29, 0.717) is 11.7 Å². The molecule has 1 unspecified atom stereocenters. The Morgan fingerprint density at radius 3 is 3.22 bits per heavy atom. The van der Waals surface area contributed by atoms with Gasteiger partial charge in [0.15, 0.2) is 0 Å². The van der Waals surface area contributed by atoms with E-state index < -0.39 is 0 Å². The highest BCUT2D eigenvalue weighted by Gasteiger charge is 2.23. The van der Waals surface area contributed by atoms with Gasteiger partial charge in [0.25, 0.3) is 5.19 Å². The third-order valence-electron chi connectivity index (χ3n) is 2.66. The zero-order chi connectivity index (χ0) is 12.4. The number of hydrogen-bond donors (Lipinski definition) is 2. The molecule has 6 nitrogen and oxygen atoms in total. The van der Waals surface area contributed by atoms with Crippen LogP contribution in [-0.2, 0) is 4.79 Å². The Morgan fingerprint density at radius 1 is 1.50 bits per heavy atom. The number of carbonyl (C=O) groups excluding carboxylic acids is 1. The largest absolute Gasteiger partial charge is 0.397 e. The molecule has 7 heteroatoms. The Kier molecular flexibility index (Phi) is 3.18. The molecule has 0 aromatic carbocycles. The van der Waals surface area contributed by atoms with Gasteiger partial charge in [-0.2, -0.15) is 0 Å².